The Bertz CT molecular complexity index is 762. The third-order valence-corrected chi connectivity index (χ3v) is 3.90. The Morgan fingerprint density at radius 1 is 1.08 bits per heavy atom. The number of benzene rings is 2. The van der Waals surface area contributed by atoms with E-state index < -0.39 is 29.7 Å². The van der Waals surface area contributed by atoms with Gasteiger partial charge in [-0.05, 0) is 12.1 Å². The molecule has 2 atom stereocenters. The van der Waals surface area contributed by atoms with Crippen molar-refractivity contribution >= 4 is 11.9 Å². The van der Waals surface area contributed by atoms with Crippen LogP contribution in [0.25, 0.3) is 0 Å². The molecule has 4 N–H and O–H groups in total. The van der Waals surface area contributed by atoms with Crippen molar-refractivity contribution in [3.05, 3.63) is 71.3 Å². The second kappa shape index (κ2) is 8.01. The van der Waals surface area contributed by atoms with Gasteiger partial charge in [-0.3, -0.25) is 10.1 Å². The van der Waals surface area contributed by atoms with Gasteiger partial charge in [-0.1, -0.05) is 42.5 Å². The molecule has 0 radical (unpaired) electrons. The number of nitrogens with one attached hydrogen (secondary N) is 2. The molecule has 0 saturated heterocycles. The lowest BCUT2D eigenvalue weighted by molar-refractivity contribution is -0.916. The molecule has 5 nitrogen and oxygen atoms in total. The SMILES string of the molecule is C[NH+](Cc1ccc(C(F)(F)F)cc1)[C@@H](C(=O)NC(N)=O)c1ccccc1. The van der Waals surface area contributed by atoms with Gasteiger partial charge in [-0.15, -0.1) is 0 Å². The molecule has 3 amide bonds. The molecule has 2 rings (SSSR count). The summed E-state index contributed by atoms with van der Waals surface area (Å²) < 4.78 is 38.0. The number of halogens is 3. The lowest BCUT2D eigenvalue weighted by atomic mass is 10.0. The molecule has 0 aliphatic heterocycles. The van der Waals surface area contributed by atoms with E-state index in [-0.39, 0.29) is 6.54 Å². The number of rotatable bonds is 5. The zero-order valence-electron chi connectivity index (χ0n) is 14.0. The van der Waals surface area contributed by atoms with Crippen LogP contribution >= 0.6 is 0 Å². The standard InChI is InChI=1S/C18H18F3N3O2/c1-24(11-12-7-9-14(10-8-12)18(19,20)21)15(16(25)23-17(22)26)13-5-3-2-4-6-13/h2-10,15H,11H2,1H3,(H3,22,23,25,26)/p+1/t15-/m1/s1. The third kappa shape index (κ3) is 5.06. The van der Waals surface area contributed by atoms with Crippen molar-refractivity contribution in [1.82, 2.24) is 5.32 Å². The Morgan fingerprint density at radius 2 is 1.65 bits per heavy atom. The first-order valence-corrected chi connectivity index (χ1v) is 7.82. The number of imide groups is 1. The number of nitrogens with two attached hydrogens (primary N) is 1. The number of quaternary nitrogens is 1. The smallest absolute Gasteiger partial charge is 0.351 e. The highest BCUT2D eigenvalue weighted by atomic mass is 19.4. The van der Waals surface area contributed by atoms with Crippen molar-refractivity contribution in [2.45, 2.75) is 18.8 Å². The summed E-state index contributed by atoms with van der Waals surface area (Å²) in [5.74, 6) is -0.576. The van der Waals surface area contributed by atoms with Crippen LogP contribution in [0, 0.1) is 0 Å². The number of carbonyl (C=O) groups is 2. The molecule has 0 aliphatic carbocycles. The Labute approximate surface area is 148 Å². The van der Waals surface area contributed by atoms with Gasteiger partial charge in [0, 0.05) is 11.1 Å². The lowest BCUT2D eigenvalue weighted by Gasteiger charge is -2.24. The van der Waals surface area contributed by atoms with E-state index in [9.17, 15) is 22.8 Å². The number of urea groups is 1. The second-order valence-electron chi connectivity index (χ2n) is 5.92. The maximum Gasteiger partial charge on any atom is 0.416 e. The van der Waals surface area contributed by atoms with E-state index >= 15 is 0 Å². The van der Waals surface area contributed by atoms with Crippen LogP contribution in [0.2, 0.25) is 0 Å². The predicted molar refractivity (Wildman–Crippen MR) is 88.9 cm³/mol. The molecule has 0 spiro atoms. The minimum absolute atomic E-state index is 0.282. The van der Waals surface area contributed by atoms with Crippen LogP contribution in [0.15, 0.2) is 54.6 Å². The molecule has 2 aromatic carbocycles. The van der Waals surface area contributed by atoms with Crippen LogP contribution in [0.1, 0.15) is 22.7 Å². The van der Waals surface area contributed by atoms with Crippen molar-refractivity contribution in [2.75, 3.05) is 7.05 Å². The largest absolute Gasteiger partial charge is 0.416 e. The quantitative estimate of drug-likeness (QED) is 0.753. The number of amides is 3. The van der Waals surface area contributed by atoms with E-state index in [2.05, 4.69) is 5.32 Å². The summed E-state index contributed by atoms with van der Waals surface area (Å²) in [6.07, 6.45) is -4.40. The fraction of sp³-hybridized carbons (Fsp3) is 0.222. The Kier molecular flexibility index (Phi) is 5.99. The molecule has 0 bridgehead atoms. The van der Waals surface area contributed by atoms with Gasteiger partial charge in [0.15, 0.2) is 6.04 Å². The molecule has 0 aromatic heterocycles. The van der Waals surface area contributed by atoms with E-state index in [0.29, 0.717) is 16.0 Å². The zero-order valence-corrected chi connectivity index (χ0v) is 14.0. The highest BCUT2D eigenvalue weighted by Crippen LogP contribution is 2.29. The van der Waals surface area contributed by atoms with Crippen LogP contribution in [0.4, 0.5) is 18.0 Å². The van der Waals surface area contributed by atoms with Gasteiger partial charge in [0.1, 0.15) is 6.54 Å². The van der Waals surface area contributed by atoms with E-state index in [4.69, 9.17) is 5.73 Å². The summed E-state index contributed by atoms with van der Waals surface area (Å²) in [5.41, 5.74) is 5.59. The van der Waals surface area contributed by atoms with Gasteiger partial charge in [0.25, 0.3) is 5.91 Å². The fourth-order valence-corrected chi connectivity index (χ4v) is 2.73. The maximum absolute atomic E-state index is 12.7. The van der Waals surface area contributed by atoms with Gasteiger partial charge in [0.05, 0.1) is 12.6 Å². The molecule has 138 valence electrons. The highest BCUT2D eigenvalue weighted by Gasteiger charge is 2.31. The monoisotopic (exact) mass is 366 g/mol. The van der Waals surface area contributed by atoms with E-state index in [0.717, 1.165) is 12.1 Å². The average Bonchev–Trinajstić information content (AvgIpc) is 2.55. The number of carbonyl (C=O) groups excluding carboxylic acids is 2. The number of hydrogen-bond donors (Lipinski definition) is 3. The first-order valence-electron chi connectivity index (χ1n) is 7.82. The van der Waals surface area contributed by atoms with Crippen LogP contribution in [0.3, 0.4) is 0 Å². The molecule has 1 unspecified atom stereocenters. The van der Waals surface area contributed by atoms with Gasteiger partial charge in [-0.25, -0.2) is 4.79 Å². The molecular formula is C18H19F3N3O2+. The minimum Gasteiger partial charge on any atom is -0.351 e. The van der Waals surface area contributed by atoms with Crippen molar-refractivity contribution in [2.24, 2.45) is 5.73 Å². The van der Waals surface area contributed by atoms with Gasteiger partial charge in [0.2, 0.25) is 0 Å². The van der Waals surface area contributed by atoms with Crippen molar-refractivity contribution in [3.63, 3.8) is 0 Å². The molecule has 0 aliphatic rings. The van der Waals surface area contributed by atoms with Gasteiger partial charge in [-0.2, -0.15) is 13.2 Å². The third-order valence-electron chi connectivity index (χ3n) is 3.90. The Balaban J connectivity index is 2.22. The summed E-state index contributed by atoms with van der Waals surface area (Å²) in [5, 5.41) is 2.07. The number of primary amides is 1. The second-order valence-corrected chi connectivity index (χ2v) is 5.92. The van der Waals surface area contributed by atoms with Crippen molar-refractivity contribution < 1.29 is 27.7 Å². The molecular weight excluding hydrogens is 347 g/mol. The Morgan fingerprint density at radius 3 is 2.15 bits per heavy atom. The number of alkyl halides is 3. The normalized spacial score (nSPS) is 13.7. The van der Waals surface area contributed by atoms with Gasteiger partial charge >= 0.3 is 12.2 Å². The predicted octanol–water partition coefficient (Wildman–Crippen LogP) is 1.66. The highest BCUT2D eigenvalue weighted by molar-refractivity contribution is 5.96. The van der Waals surface area contributed by atoms with Gasteiger partial charge < -0.3 is 10.6 Å². The Hall–Kier alpha value is -2.87. The van der Waals surface area contributed by atoms with E-state index in [1.807, 2.05) is 0 Å². The van der Waals surface area contributed by atoms with E-state index in [1.165, 1.54) is 12.1 Å². The summed E-state index contributed by atoms with van der Waals surface area (Å²) in [4.78, 5) is 24.1. The molecule has 0 saturated carbocycles. The van der Waals surface area contributed by atoms with E-state index in [1.54, 1.807) is 37.4 Å². The average molecular weight is 366 g/mol. The van der Waals surface area contributed by atoms with Crippen LogP contribution < -0.4 is 16.0 Å². The minimum atomic E-state index is -4.40. The lowest BCUT2D eigenvalue weighted by Crippen LogP contribution is -3.09. The van der Waals surface area contributed by atoms with Crippen molar-refractivity contribution in [3.8, 4) is 0 Å². The van der Waals surface area contributed by atoms with Crippen LogP contribution in [-0.4, -0.2) is 19.0 Å². The molecule has 26 heavy (non-hydrogen) atoms. The summed E-state index contributed by atoms with van der Waals surface area (Å²) in [6, 6.07) is 11.8. The summed E-state index contributed by atoms with van der Waals surface area (Å²) in [7, 11) is 1.72. The maximum atomic E-state index is 12.7. The van der Waals surface area contributed by atoms with Crippen LogP contribution in [-0.2, 0) is 17.5 Å². The summed E-state index contributed by atoms with van der Waals surface area (Å²) in [6.45, 7) is 0.282. The molecule has 2 aromatic rings. The first kappa shape index (κ1) is 19.5. The first-order chi connectivity index (χ1) is 12.2. The number of likely N-dealkylation sites (N-methyl/N-ethyl adjacent to an activating group) is 1. The molecule has 0 heterocycles. The number of hydrogen-bond acceptors (Lipinski definition) is 2. The van der Waals surface area contributed by atoms with Crippen LogP contribution in [0.5, 0.6) is 0 Å². The molecule has 8 heteroatoms. The topological polar surface area (TPSA) is 76.6 Å². The zero-order chi connectivity index (χ0) is 19.3. The fourth-order valence-electron chi connectivity index (χ4n) is 2.73. The summed E-state index contributed by atoms with van der Waals surface area (Å²) >= 11 is 0. The van der Waals surface area contributed by atoms with Crippen molar-refractivity contribution in [1.29, 1.82) is 0 Å². The molecule has 0 fully saturated rings.